The zero-order chi connectivity index (χ0) is 19.6. The Morgan fingerprint density at radius 3 is 2.44 bits per heavy atom. The molecule has 0 aliphatic carbocycles. The minimum atomic E-state index is -3.40. The van der Waals surface area contributed by atoms with Gasteiger partial charge in [-0.05, 0) is 18.9 Å². The van der Waals surface area contributed by atoms with E-state index in [4.69, 9.17) is 5.11 Å². The lowest BCUT2D eigenvalue weighted by Gasteiger charge is -2.32. The van der Waals surface area contributed by atoms with E-state index in [1.807, 2.05) is 0 Å². The van der Waals surface area contributed by atoms with Crippen molar-refractivity contribution in [3.8, 4) is 11.3 Å². The summed E-state index contributed by atoms with van der Waals surface area (Å²) >= 11 is 0. The summed E-state index contributed by atoms with van der Waals surface area (Å²) in [5, 5.41) is 9.11. The molecule has 1 aliphatic heterocycles. The molecule has 0 bridgehead atoms. The fourth-order valence-corrected chi connectivity index (χ4v) is 4.16. The number of carboxylic acids is 1. The molecule has 3 rings (SSSR count). The van der Waals surface area contributed by atoms with E-state index < -0.39 is 16.2 Å². The number of rotatable bonds is 5. The first-order valence-corrected chi connectivity index (χ1v) is 9.87. The maximum Gasteiger partial charge on any atom is 0.337 e. The molecule has 1 N–H and O–H groups in total. The van der Waals surface area contributed by atoms with Crippen LogP contribution in [-0.4, -0.2) is 70.2 Å². The maximum atomic E-state index is 12.2. The Kier molecular flexibility index (Phi) is 5.49. The Bertz CT molecular complexity index is 940. The van der Waals surface area contributed by atoms with Gasteiger partial charge in [0, 0.05) is 57.3 Å². The van der Waals surface area contributed by atoms with Crippen LogP contribution >= 0.6 is 0 Å². The summed E-state index contributed by atoms with van der Waals surface area (Å²) in [7, 11) is -0.356. The van der Waals surface area contributed by atoms with Gasteiger partial charge in [-0.2, -0.15) is 17.0 Å². The molecule has 1 fully saturated rings. The molecule has 0 saturated carbocycles. The van der Waals surface area contributed by atoms with Crippen molar-refractivity contribution in [2.45, 2.75) is 18.8 Å². The number of aromatic carboxylic acids is 1. The molecular weight excluding hydrogens is 370 g/mol. The van der Waals surface area contributed by atoms with Gasteiger partial charge < -0.3 is 5.11 Å². The summed E-state index contributed by atoms with van der Waals surface area (Å²) in [6.45, 7) is 0.848. The second-order valence-corrected chi connectivity index (χ2v) is 8.70. The third kappa shape index (κ3) is 4.12. The normalized spacial score (nSPS) is 16.6. The van der Waals surface area contributed by atoms with Crippen LogP contribution in [0.4, 0.5) is 0 Å². The number of hydrogen-bond acceptors (Lipinski definition) is 6. The molecule has 0 aromatic carbocycles. The van der Waals surface area contributed by atoms with Gasteiger partial charge >= 0.3 is 5.97 Å². The SMILES string of the molecule is CN(C)S(=O)(=O)N1CCC(c2cncc(-c3cncc(C(=O)O)c3)n2)CC1. The molecule has 0 unspecified atom stereocenters. The highest BCUT2D eigenvalue weighted by Crippen LogP contribution is 2.29. The summed E-state index contributed by atoms with van der Waals surface area (Å²) in [6.07, 6.45) is 7.38. The van der Waals surface area contributed by atoms with Crippen molar-refractivity contribution < 1.29 is 18.3 Å². The first-order valence-electron chi connectivity index (χ1n) is 8.47. The van der Waals surface area contributed by atoms with Gasteiger partial charge in [-0.1, -0.05) is 0 Å². The molecule has 9 nitrogen and oxygen atoms in total. The standard InChI is InChI=1S/C17H21N5O4S/c1-21(2)27(25,26)22-5-3-12(4-6-22)15-10-19-11-16(20-15)13-7-14(17(23)24)9-18-8-13/h7-12H,3-6H2,1-2H3,(H,23,24). The molecular formula is C17H21N5O4S. The van der Waals surface area contributed by atoms with Crippen LogP contribution in [0, 0.1) is 0 Å². The summed E-state index contributed by atoms with van der Waals surface area (Å²) in [5.41, 5.74) is 1.99. The van der Waals surface area contributed by atoms with Crippen molar-refractivity contribution in [3.63, 3.8) is 0 Å². The number of nitrogens with zero attached hydrogens (tertiary/aromatic N) is 5. The number of carboxylic acid groups (broad SMARTS) is 1. The van der Waals surface area contributed by atoms with E-state index in [0.717, 1.165) is 5.69 Å². The van der Waals surface area contributed by atoms with Gasteiger partial charge in [0.2, 0.25) is 0 Å². The van der Waals surface area contributed by atoms with Crippen LogP contribution in [0.25, 0.3) is 11.3 Å². The highest BCUT2D eigenvalue weighted by molar-refractivity contribution is 7.86. The molecule has 3 heterocycles. The molecule has 0 radical (unpaired) electrons. The average molecular weight is 391 g/mol. The Hall–Kier alpha value is -2.43. The zero-order valence-electron chi connectivity index (χ0n) is 15.1. The lowest BCUT2D eigenvalue weighted by Crippen LogP contribution is -2.44. The molecule has 10 heteroatoms. The third-order valence-corrected chi connectivity index (χ3v) is 6.53. The van der Waals surface area contributed by atoms with Crippen molar-refractivity contribution in [2.24, 2.45) is 0 Å². The highest BCUT2D eigenvalue weighted by atomic mass is 32.2. The van der Waals surface area contributed by atoms with E-state index in [-0.39, 0.29) is 11.5 Å². The number of aromatic nitrogens is 3. The summed E-state index contributed by atoms with van der Waals surface area (Å²) in [5.74, 6) is -0.954. The van der Waals surface area contributed by atoms with Gasteiger partial charge in [-0.25, -0.2) is 9.78 Å². The van der Waals surface area contributed by atoms with E-state index >= 15 is 0 Å². The lowest BCUT2D eigenvalue weighted by atomic mass is 9.95. The van der Waals surface area contributed by atoms with Crippen molar-refractivity contribution >= 4 is 16.2 Å². The molecule has 0 atom stereocenters. The van der Waals surface area contributed by atoms with Crippen LogP contribution in [0.1, 0.15) is 34.8 Å². The lowest BCUT2D eigenvalue weighted by molar-refractivity contribution is 0.0696. The molecule has 1 aliphatic rings. The molecule has 2 aromatic rings. The number of piperidine rings is 1. The van der Waals surface area contributed by atoms with Crippen molar-refractivity contribution in [3.05, 3.63) is 42.1 Å². The number of hydrogen-bond donors (Lipinski definition) is 1. The second-order valence-electron chi connectivity index (χ2n) is 6.56. The smallest absolute Gasteiger partial charge is 0.337 e. The topological polar surface area (TPSA) is 117 Å². The summed E-state index contributed by atoms with van der Waals surface area (Å²) in [6, 6.07) is 1.51. The number of carbonyl (C=O) groups is 1. The highest BCUT2D eigenvalue weighted by Gasteiger charge is 2.30. The van der Waals surface area contributed by atoms with Crippen LogP contribution in [-0.2, 0) is 10.2 Å². The van der Waals surface area contributed by atoms with Gasteiger partial charge in [0.15, 0.2) is 0 Å². The minimum Gasteiger partial charge on any atom is -0.478 e. The van der Waals surface area contributed by atoms with Gasteiger partial charge in [0.1, 0.15) is 0 Å². The van der Waals surface area contributed by atoms with Gasteiger partial charge in [0.05, 0.1) is 23.1 Å². The predicted octanol–water partition coefficient (Wildman–Crippen LogP) is 1.22. The molecule has 2 aromatic heterocycles. The molecule has 0 amide bonds. The summed E-state index contributed by atoms with van der Waals surface area (Å²) in [4.78, 5) is 23.9. The van der Waals surface area contributed by atoms with Crippen molar-refractivity contribution in [1.82, 2.24) is 23.6 Å². The molecule has 0 spiro atoms. The van der Waals surface area contributed by atoms with Gasteiger partial charge in [-0.3, -0.25) is 9.97 Å². The fraction of sp³-hybridized carbons (Fsp3) is 0.412. The van der Waals surface area contributed by atoms with E-state index in [2.05, 4.69) is 15.0 Å². The minimum absolute atomic E-state index is 0.0851. The Balaban J connectivity index is 1.78. The van der Waals surface area contributed by atoms with Crippen LogP contribution in [0.5, 0.6) is 0 Å². The molecule has 144 valence electrons. The predicted molar refractivity (Wildman–Crippen MR) is 98.4 cm³/mol. The first-order chi connectivity index (χ1) is 12.8. The van der Waals surface area contributed by atoms with E-state index in [0.29, 0.717) is 37.2 Å². The fourth-order valence-electron chi connectivity index (χ4n) is 3.03. The van der Waals surface area contributed by atoms with E-state index in [9.17, 15) is 13.2 Å². The summed E-state index contributed by atoms with van der Waals surface area (Å²) < 4.78 is 27.1. The average Bonchev–Trinajstić information content (AvgIpc) is 2.68. The third-order valence-electron chi connectivity index (χ3n) is 4.59. The maximum absolute atomic E-state index is 12.2. The Labute approximate surface area is 157 Å². The van der Waals surface area contributed by atoms with Crippen LogP contribution in [0.2, 0.25) is 0 Å². The van der Waals surface area contributed by atoms with E-state index in [1.165, 1.54) is 35.0 Å². The molecule has 27 heavy (non-hydrogen) atoms. The van der Waals surface area contributed by atoms with Crippen molar-refractivity contribution in [1.29, 1.82) is 0 Å². The van der Waals surface area contributed by atoms with Gasteiger partial charge in [0.25, 0.3) is 10.2 Å². The Morgan fingerprint density at radius 1 is 1.15 bits per heavy atom. The monoisotopic (exact) mass is 391 g/mol. The number of pyridine rings is 1. The van der Waals surface area contributed by atoms with Crippen molar-refractivity contribution in [2.75, 3.05) is 27.2 Å². The van der Waals surface area contributed by atoms with Crippen LogP contribution in [0.15, 0.2) is 30.9 Å². The quantitative estimate of drug-likeness (QED) is 0.814. The van der Waals surface area contributed by atoms with Crippen LogP contribution < -0.4 is 0 Å². The first kappa shape index (κ1) is 19.3. The van der Waals surface area contributed by atoms with E-state index in [1.54, 1.807) is 18.6 Å². The second kappa shape index (κ2) is 7.67. The molecule has 1 saturated heterocycles. The largest absolute Gasteiger partial charge is 0.478 e. The van der Waals surface area contributed by atoms with Crippen LogP contribution in [0.3, 0.4) is 0 Å². The zero-order valence-corrected chi connectivity index (χ0v) is 15.9. The Morgan fingerprint density at radius 2 is 1.81 bits per heavy atom. The van der Waals surface area contributed by atoms with Gasteiger partial charge in [-0.15, -0.1) is 0 Å².